The standard InChI is InChI=1S/C16H30N2O2/c1-13(2)9-17-10-15-14(7-8-20-15)11-19-12-16(3,4)18(5)6/h7-8,13,17H,9-12H2,1-6H3. The van der Waals surface area contributed by atoms with E-state index in [1.54, 1.807) is 6.26 Å². The highest BCUT2D eigenvalue weighted by Gasteiger charge is 2.20. The van der Waals surface area contributed by atoms with Gasteiger partial charge in [0, 0.05) is 11.1 Å². The van der Waals surface area contributed by atoms with Crippen molar-refractivity contribution in [2.75, 3.05) is 27.2 Å². The van der Waals surface area contributed by atoms with Crippen LogP contribution in [0.2, 0.25) is 0 Å². The second kappa shape index (κ2) is 7.81. The molecule has 0 fully saturated rings. The van der Waals surface area contributed by atoms with Gasteiger partial charge in [-0.1, -0.05) is 13.8 Å². The highest BCUT2D eigenvalue weighted by molar-refractivity contribution is 5.15. The van der Waals surface area contributed by atoms with Crippen LogP contribution in [0.5, 0.6) is 0 Å². The maximum atomic E-state index is 5.84. The summed E-state index contributed by atoms with van der Waals surface area (Å²) in [6.07, 6.45) is 1.74. The lowest BCUT2D eigenvalue weighted by Crippen LogP contribution is -2.42. The second-order valence-electron chi connectivity index (χ2n) is 6.59. The molecule has 0 aromatic carbocycles. The third kappa shape index (κ3) is 5.65. The summed E-state index contributed by atoms with van der Waals surface area (Å²) in [6, 6.07) is 2.00. The first-order chi connectivity index (χ1) is 9.33. The number of hydrogen-bond donors (Lipinski definition) is 1. The van der Waals surface area contributed by atoms with Crippen LogP contribution in [-0.2, 0) is 17.9 Å². The predicted octanol–water partition coefficient (Wildman–Crippen LogP) is 2.88. The maximum absolute atomic E-state index is 5.84. The van der Waals surface area contributed by atoms with Crippen molar-refractivity contribution in [3.8, 4) is 0 Å². The molecule has 1 aromatic rings. The third-order valence-corrected chi connectivity index (χ3v) is 3.60. The van der Waals surface area contributed by atoms with Crippen molar-refractivity contribution >= 4 is 0 Å². The summed E-state index contributed by atoms with van der Waals surface area (Å²) in [7, 11) is 4.14. The van der Waals surface area contributed by atoms with E-state index >= 15 is 0 Å². The van der Waals surface area contributed by atoms with Gasteiger partial charge in [0.05, 0.1) is 26.0 Å². The van der Waals surface area contributed by atoms with E-state index in [2.05, 4.69) is 52.0 Å². The van der Waals surface area contributed by atoms with E-state index in [-0.39, 0.29) is 5.54 Å². The average molecular weight is 282 g/mol. The van der Waals surface area contributed by atoms with Crippen LogP contribution in [0.15, 0.2) is 16.7 Å². The van der Waals surface area contributed by atoms with Gasteiger partial charge < -0.3 is 19.4 Å². The molecule has 1 aromatic heterocycles. The van der Waals surface area contributed by atoms with Gasteiger partial charge in [-0.25, -0.2) is 0 Å². The van der Waals surface area contributed by atoms with Gasteiger partial charge in [0.25, 0.3) is 0 Å². The van der Waals surface area contributed by atoms with Crippen LogP contribution in [-0.4, -0.2) is 37.7 Å². The second-order valence-corrected chi connectivity index (χ2v) is 6.59. The molecule has 1 rings (SSSR count). The number of likely N-dealkylation sites (N-methyl/N-ethyl adjacent to an activating group) is 1. The van der Waals surface area contributed by atoms with E-state index in [0.717, 1.165) is 24.4 Å². The Balaban J connectivity index is 2.39. The molecule has 0 aliphatic rings. The van der Waals surface area contributed by atoms with Crippen molar-refractivity contribution in [3.05, 3.63) is 23.7 Å². The SMILES string of the molecule is CC(C)CNCc1occc1COCC(C)(C)N(C)C. The Bertz CT molecular complexity index is 384. The molecule has 4 nitrogen and oxygen atoms in total. The molecule has 0 radical (unpaired) electrons. The van der Waals surface area contributed by atoms with Crippen molar-refractivity contribution in [1.82, 2.24) is 10.2 Å². The van der Waals surface area contributed by atoms with Crippen molar-refractivity contribution in [1.29, 1.82) is 0 Å². The molecule has 20 heavy (non-hydrogen) atoms. The molecular formula is C16H30N2O2. The lowest BCUT2D eigenvalue weighted by Gasteiger charge is -2.32. The normalized spacial score (nSPS) is 12.6. The number of rotatable bonds is 9. The molecular weight excluding hydrogens is 252 g/mol. The topological polar surface area (TPSA) is 37.6 Å². The molecule has 0 saturated carbocycles. The quantitative estimate of drug-likeness (QED) is 0.756. The minimum absolute atomic E-state index is 0.0415. The Morgan fingerprint density at radius 2 is 2.05 bits per heavy atom. The lowest BCUT2D eigenvalue weighted by molar-refractivity contribution is 0.0269. The van der Waals surface area contributed by atoms with Gasteiger partial charge in [0.15, 0.2) is 0 Å². The van der Waals surface area contributed by atoms with Crippen LogP contribution in [0.3, 0.4) is 0 Å². The monoisotopic (exact) mass is 282 g/mol. The summed E-state index contributed by atoms with van der Waals surface area (Å²) in [5.41, 5.74) is 1.18. The van der Waals surface area contributed by atoms with E-state index in [0.29, 0.717) is 19.1 Å². The van der Waals surface area contributed by atoms with Crippen LogP contribution >= 0.6 is 0 Å². The number of nitrogens with one attached hydrogen (secondary N) is 1. The minimum atomic E-state index is 0.0415. The average Bonchev–Trinajstić information content (AvgIpc) is 2.76. The van der Waals surface area contributed by atoms with Crippen LogP contribution in [0.25, 0.3) is 0 Å². The van der Waals surface area contributed by atoms with E-state index in [1.807, 2.05) is 6.07 Å². The molecule has 4 heteroatoms. The number of nitrogens with zero attached hydrogens (tertiary/aromatic N) is 1. The van der Waals surface area contributed by atoms with E-state index in [4.69, 9.17) is 9.15 Å². The zero-order chi connectivity index (χ0) is 15.2. The predicted molar refractivity (Wildman–Crippen MR) is 82.7 cm³/mol. The van der Waals surface area contributed by atoms with Gasteiger partial charge >= 0.3 is 0 Å². The fourth-order valence-electron chi connectivity index (χ4n) is 1.66. The fourth-order valence-corrected chi connectivity index (χ4v) is 1.66. The summed E-state index contributed by atoms with van der Waals surface area (Å²) in [5.74, 6) is 1.62. The fraction of sp³-hybridized carbons (Fsp3) is 0.750. The van der Waals surface area contributed by atoms with Gasteiger partial charge in [-0.3, -0.25) is 0 Å². The zero-order valence-corrected chi connectivity index (χ0v) is 13.8. The molecule has 0 atom stereocenters. The van der Waals surface area contributed by atoms with Crippen LogP contribution in [0.4, 0.5) is 0 Å². The van der Waals surface area contributed by atoms with E-state index in [1.165, 1.54) is 0 Å². The number of furan rings is 1. The third-order valence-electron chi connectivity index (χ3n) is 3.60. The summed E-state index contributed by atoms with van der Waals surface area (Å²) < 4.78 is 11.4. The molecule has 1 N–H and O–H groups in total. The van der Waals surface area contributed by atoms with E-state index < -0.39 is 0 Å². The molecule has 0 amide bonds. The Morgan fingerprint density at radius 1 is 1.35 bits per heavy atom. The van der Waals surface area contributed by atoms with Crippen molar-refractivity contribution in [2.24, 2.45) is 5.92 Å². The largest absolute Gasteiger partial charge is 0.468 e. The minimum Gasteiger partial charge on any atom is -0.468 e. The van der Waals surface area contributed by atoms with Gasteiger partial charge in [-0.05, 0) is 46.5 Å². The molecule has 0 unspecified atom stereocenters. The highest BCUT2D eigenvalue weighted by atomic mass is 16.5. The lowest BCUT2D eigenvalue weighted by atomic mass is 10.1. The summed E-state index contributed by atoms with van der Waals surface area (Å²) in [4.78, 5) is 2.17. The van der Waals surface area contributed by atoms with Crippen molar-refractivity contribution in [2.45, 2.75) is 46.4 Å². The van der Waals surface area contributed by atoms with Gasteiger partial charge in [-0.15, -0.1) is 0 Å². The maximum Gasteiger partial charge on any atom is 0.123 e. The van der Waals surface area contributed by atoms with Gasteiger partial charge in [-0.2, -0.15) is 0 Å². The zero-order valence-electron chi connectivity index (χ0n) is 13.8. The number of hydrogen-bond acceptors (Lipinski definition) is 4. The molecule has 0 bridgehead atoms. The first-order valence-electron chi connectivity index (χ1n) is 7.34. The molecule has 1 heterocycles. The molecule has 116 valence electrons. The first kappa shape index (κ1) is 17.2. The first-order valence-corrected chi connectivity index (χ1v) is 7.34. The Labute approximate surface area is 123 Å². The summed E-state index contributed by atoms with van der Waals surface area (Å²) in [6.45, 7) is 11.8. The Morgan fingerprint density at radius 3 is 2.65 bits per heavy atom. The van der Waals surface area contributed by atoms with Crippen molar-refractivity contribution in [3.63, 3.8) is 0 Å². The smallest absolute Gasteiger partial charge is 0.123 e. The molecule has 0 aliphatic carbocycles. The van der Waals surface area contributed by atoms with Crippen molar-refractivity contribution < 1.29 is 9.15 Å². The van der Waals surface area contributed by atoms with Gasteiger partial charge in [0.2, 0.25) is 0 Å². The molecule has 0 saturated heterocycles. The van der Waals surface area contributed by atoms with Crippen LogP contribution in [0, 0.1) is 5.92 Å². The summed E-state index contributed by atoms with van der Waals surface area (Å²) >= 11 is 0. The van der Waals surface area contributed by atoms with Crippen LogP contribution < -0.4 is 5.32 Å². The van der Waals surface area contributed by atoms with Gasteiger partial charge in [0.1, 0.15) is 5.76 Å². The number of ether oxygens (including phenoxy) is 1. The Hall–Kier alpha value is -0.840. The highest BCUT2D eigenvalue weighted by Crippen LogP contribution is 2.15. The molecule has 0 spiro atoms. The molecule has 0 aliphatic heterocycles. The summed E-state index contributed by atoms with van der Waals surface area (Å²) in [5, 5.41) is 3.39. The Kier molecular flexibility index (Phi) is 6.72. The van der Waals surface area contributed by atoms with E-state index in [9.17, 15) is 0 Å². The van der Waals surface area contributed by atoms with Crippen LogP contribution in [0.1, 0.15) is 39.0 Å².